The average molecular weight is 419 g/mol. The zero-order valence-electron chi connectivity index (χ0n) is 17.3. The minimum absolute atomic E-state index is 0.119. The van der Waals surface area contributed by atoms with Gasteiger partial charge >= 0.3 is 0 Å². The average Bonchev–Trinajstić information content (AvgIpc) is 2.72. The van der Waals surface area contributed by atoms with Crippen molar-refractivity contribution < 1.29 is 19.1 Å². The van der Waals surface area contributed by atoms with Crippen LogP contribution in [0.15, 0.2) is 36.4 Å². The van der Waals surface area contributed by atoms with Crippen molar-refractivity contribution in [2.24, 2.45) is 0 Å². The standard InChI is InChI=1S/C22H27ClN2O4/c1-5-25(6-2)22(27)17-10-9-16(14-18(17)23)24-21(26)12-8-15-7-11-19(28-3)20(13-15)29-4/h7,9-11,13-14H,5-6,8,12H2,1-4H3,(H,24,26). The number of benzene rings is 2. The number of amides is 2. The van der Waals surface area contributed by atoms with Gasteiger partial charge < -0.3 is 19.7 Å². The smallest absolute Gasteiger partial charge is 0.255 e. The molecular formula is C22H27ClN2O4. The van der Waals surface area contributed by atoms with E-state index in [0.29, 0.717) is 53.7 Å². The van der Waals surface area contributed by atoms with Crippen molar-refractivity contribution in [2.75, 3.05) is 32.6 Å². The Balaban J connectivity index is 1.99. The Morgan fingerprint density at radius 3 is 2.28 bits per heavy atom. The third-order valence-corrected chi connectivity index (χ3v) is 4.94. The van der Waals surface area contributed by atoms with Gasteiger partial charge in [0, 0.05) is 25.2 Å². The molecule has 0 fully saturated rings. The molecule has 0 atom stereocenters. The molecule has 0 saturated carbocycles. The normalized spacial score (nSPS) is 10.4. The fourth-order valence-corrected chi connectivity index (χ4v) is 3.23. The Labute approximate surface area is 176 Å². The molecule has 0 aliphatic carbocycles. The lowest BCUT2D eigenvalue weighted by Crippen LogP contribution is -2.30. The van der Waals surface area contributed by atoms with Crippen molar-refractivity contribution >= 4 is 29.1 Å². The van der Waals surface area contributed by atoms with E-state index >= 15 is 0 Å². The monoisotopic (exact) mass is 418 g/mol. The quantitative estimate of drug-likeness (QED) is 0.654. The second kappa shape index (κ2) is 10.7. The SMILES string of the molecule is CCN(CC)C(=O)c1ccc(NC(=O)CCc2ccc(OC)c(OC)c2)cc1Cl. The van der Waals surface area contributed by atoms with Crippen molar-refractivity contribution in [2.45, 2.75) is 26.7 Å². The number of nitrogens with one attached hydrogen (secondary N) is 1. The van der Waals surface area contributed by atoms with Gasteiger partial charge in [-0.25, -0.2) is 0 Å². The molecule has 2 rings (SSSR count). The highest BCUT2D eigenvalue weighted by Gasteiger charge is 2.16. The molecule has 2 amide bonds. The maximum atomic E-state index is 12.5. The predicted octanol–water partition coefficient (Wildman–Crippen LogP) is 4.41. The van der Waals surface area contributed by atoms with Crippen LogP contribution in [0.25, 0.3) is 0 Å². The highest BCUT2D eigenvalue weighted by molar-refractivity contribution is 6.34. The molecule has 0 bridgehead atoms. The molecule has 0 saturated heterocycles. The zero-order chi connectivity index (χ0) is 21.4. The first-order valence-electron chi connectivity index (χ1n) is 9.53. The summed E-state index contributed by atoms with van der Waals surface area (Å²) in [5.74, 6) is 1.02. The number of methoxy groups -OCH3 is 2. The first-order chi connectivity index (χ1) is 13.9. The van der Waals surface area contributed by atoms with E-state index in [1.54, 1.807) is 37.3 Å². The van der Waals surface area contributed by atoms with Crippen LogP contribution < -0.4 is 14.8 Å². The van der Waals surface area contributed by atoms with Gasteiger partial charge in [0.1, 0.15) is 0 Å². The number of carbonyl (C=O) groups is 2. The third-order valence-electron chi connectivity index (χ3n) is 4.62. The summed E-state index contributed by atoms with van der Waals surface area (Å²) in [4.78, 5) is 26.5. The van der Waals surface area contributed by atoms with Crippen LogP contribution in [0.5, 0.6) is 11.5 Å². The van der Waals surface area contributed by atoms with Crippen LogP contribution in [0.1, 0.15) is 36.2 Å². The highest BCUT2D eigenvalue weighted by atomic mass is 35.5. The molecule has 0 unspecified atom stereocenters. The van der Waals surface area contributed by atoms with Crippen LogP contribution in [-0.2, 0) is 11.2 Å². The number of nitrogens with zero attached hydrogens (tertiary/aromatic N) is 1. The summed E-state index contributed by atoms with van der Waals surface area (Å²) < 4.78 is 10.5. The second-order valence-corrected chi connectivity index (χ2v) is 6.82. The molecule has 7 heteroatoms. The van der Waals surface area contributed by atoms with E-state index in [-0.39, 0.29) is 11.8 Å². The molecule has 0 spiro atoms. The summed E-state index contributed by atoms with van der Waals surface area (Å²) in [5, 5.41) is 3.14. The summed E-state index contributed by atoms with van der Waals surface area (Å²) >= 11 is 6.28. The van der Waals surface area contributed by atoms with Gasteiger partial charge in [0.2, 0.25) is 5.91 Å². The molecule has 1 N–H and O–H groups in total. The highest BCUT2D eigenvalue weighted by Crippen LogP contribution is 2.28. The molecule has 2 aromatic rings. The Morgan fingerprint density at radius 2 is 1.69 bits per heavy atom. The van der Waals surface area contributed by atoms with Gasteiger partial charge in [0.15, 0.2) is 11.5 Å². The van der Waals surface area contributed by atoms with Gasteiger partial charge in [-0.1, -0.05) is 17.7 Å². The van der Waals surface area contributed by atoms with Crippen LogP contribution in [0, 0.1) is 0 Å². The van der Waals surface area contributed by atoms with Crippen molar-refractivity contribution in [1.29, 1.82) is 0 Å². The summed E-state index contributed by atoms with van der Waals surface area (Å²) in [6.45, 7) is 5.06. The van der Waals surface area contributed by atoms with Crippen molar-refractivity contribution in [1.82, 2.24) is 4.90 Å². The summed E-state index contributed by atoms with van der Waals surface area (Å²) in [5.41, 5.74) is 1.96. The van der Waals surface area contributed by atoms with Gasteiger partial charge in [-0.05, 0) is 56.2 Å². The lowest BCUT2D eigenvalue weighted by atomic mass is 10.1. The summed E-state index contributed by atoms with van der Waals surface area (Å²) in [7, 11) is 3.16. The largest absolute Gasteiger partial charge is 0.493 e. The van der Waals surface area contributed by atoms with Crippen LogP contribution >= 0.6 is 11.6 Å². The van der Waals surface area contributed by atoms with Crippen molar-refractivity contribution in [3.8, 4) is 11.5 Å². The number of rotatable bonds is 9. The summed E-state index contributed by atoms with van der Waals surface area (Å²) in [6, 6.07) is 10.5. The van der Waals surface area contributed by atoms with E-state index in [1.807, 2.05) is 32.0 Å². The van der Waals surface area contributed by atoms with E-state index < -0.39 is 0 Å². The zero-order valence-corrected chi connectivity index (χ0v) is 18.0. The van der Waals surface area contributed by atoms with E-state index in [9.17, 15) is 9.59 Å². The number of halogens is 1. The molecule has 29 heavy (non-hydrogen) atoms. The molecule has 0 heterocycles. The number of hydrogen-bond donors (Lipinski definition) is 1. The molecular weight excluding hydrogens is 392 g/mol. The van der Waals surface area contributed by atoms with Gasteiger partial charge in [-0.2, -0.15) is 0 Å². The van der Waals surface area contributed by atoms with Gasteiger partial charge in [-0.15, -0.1) is 0 Å². The number of hydrogen-bond acceptors (Lipinski definition) is 4. The first-order valence-corrected chi connectivity index (χ1v) is 9.90. The maximum Gasteiger partial charge on any atom is 0.255 e. The maximum absolute atomic E-state index is 12.5. The summed E-state index contributed by atoms with van der Waals surface area (Å²) in [6.07, 6.45) is 0.853. The lowest BCUT2D eigenvalue weighted by Gasteiger charge is -2.19. The van der Waals surface area contributed by atoms with Crippen LogP contribution in [0.4, 0.5) is 5.69 Å². The third kappa shape index (κ3) is 5.87. The predicted molar refractivity (Wildman–Crippen MR) is 115 cm³/mol. The fourth-order valence-electron chi connectivity index (χ4n) is 2.96. The number of anilines is 1. The van der Waals surface area contributed by atoms with Crippen molar-refractivity contribution in [3.05, 3.63) is 52.5 Å². The van der Waals surface area contributed by atoms with E-state index in [2.05, 4.69) is 5.32 Å². The van der Waals surface area contributed by atoms with Crippen molar-refractivity contribution in [3.63, 3.8) is 0 Å². The number of aryl methyl sites for hydroxylation is 1. The Hall–Kier alpha value is -2.73. The van der Waals surface area contributed by atoms with Crippen LogP contribution in [0.2, 0.25) is 5.02 Å². The molecule has 0 radical (unpaired) electrons. The Kier molecular flexibility index (Phi) is 8.34. The molecule has 2 aromatic carbocycles. The molecule has 6 nitrogen and oxygen atoms in total. The Bertz CT molecular complexity index is 866. The number of ether oxygens (including phenoxy) is 2. The Morgan fingerprint density at radius 1 is 1.00 bits per heavy atom. The topological polar surface area (TPSA) is 67.9 Å². The molecule has 0 aliphatic heterocycles. The molecule has 0 aromatic heterocycles. The molecule has 0 aliphatic rings. The van der Waals surface area contributed by atoms with E-state index in [1.165, 1.54) is 0 Å². The van der Waals surface area contributed by atoms with Crippen LogP contribution in [0.3, 0.4) is 0 Å². The first kappa shape index (κ1) is 22.6. The van der Waals surface area contributed by atoms with E-state index in [4.69, 9.17) is 21.1 Å². The lowest BCUT2D eigenvalue weighted by molar-refractivity contribution is -0.116. The minimum atomic E-state index is -0.140. The van der Waals surface area contributed by atoms with Gasteiger partial charge in [0.25, 0.3) is 5.91 Å². The number of carbonyl (C=O) groups excluding carboxylic acids is 2. The minimum Gasteiger partial charge on any atom is -0.493 e. The van der Waals surface area contributed by atoms with Gasteiger partial charge in [0.05, 0.1) is 24.8 Å². The van der Waals surface area contributed by atoms with Gasteiger partial charge in [-0.3, -0.25) is 9.59 Å². The molecule has 156 valence electrons. The second-order valence-electron chi connectivity index (χ2n) is 6.41. The fraction of sp³-hybridized carbons (Fsp3) is 0.364. The van der Waals surface area contributed by atoms with Crippen LogP contribution in [-0.4, -0.2) is 44.0 Å². The van der Waals surface area contributed by atoms with E-state index in [0.717, 1.165) is 5.56 Å².